The zero-order chi connectivity index (χ0) is 20.0. The van der Waals surface area contributed by atoms with Gasteiger partial charge in [-0.25, -0.2) is 0 Å². The van der Waals surface area contributed by atoms with Crippen molar-refractivity contribution in [3.8, 4) is 0 Å². The first-order valence-electron chi connectivity index (χ1n) is 9.57. The van der Waals surface area contributed by atoms with Crippen molar-refractivity contribution in [3.63, 3.8) is 0 Å². The Bertz CT molecular complexity index is 634. The molecule has 2 N–H and O–H groups in total. The van der Waals surface area contributed by atoms with Crippen molar-refractivity contribution in [2.45, 2.75) is 51.7 Å². The van der Waals surface area contributed by atoms with Gasteiger partial charge in [-0.1, -0.05) is 30.7 Å². The Balaban J connectivity index is 0.00000392. The average molecular weight is 432 g/mol. The van der Waals surface area contributed by atoms with Gasteiger partial charge in [0.2, 0.25) is 5.91 Å². The van der Waals surface area contributed by atoms with E-state index in [9.17, 15) is 9.59 Å². The monoisotopic (exact) mass is 431 g/mol. The molecule has 0 radical (unpaired) electrons. The maximum Gasteiger partial charge on any atom is 0.317 e. The Kier molecular flexibility index (Phi) is 10.2. The van der Waals surface area contributed by atoms with Crippen molar-refractivity contribution in [3.05, 3.63) is 34.9 Å². The van der Waals surface area contributed by atoms with Gasteiger partial charge in [0.15, 0.2) is 0 Å². The molecular weight excluding hydrogens is 401 g/mol. The molecule has 1 aliphatic rings. The van der Waals surface area contributed by atoms with E-state index in [0.29, 0.717) is 5.02 Å². The van der Waals surface area contributed by atoms with Gasteiger partial charge in [-0.05, 0) is 50.9 Å². The maximum atomic E-state index is 12.6. The number of rotatable bonds is 8. The second-order valence-electron chi connectivity index (χ2n) is 7.18. The molecule has 1 heterocycles. The summed E-state index contributed by atoms with van der Waals surface area (Å²) < 4.78 is 0. The molecule has 1 aromatic rings. The first-order chi connectivity index (χ1) is 12.8. The fourth-order valence-electron chi connectivity index (χ4n) is 3.65. The fourth-order valence-corrected chi connectivity index (χ4v) is 3.77. The lowest BCUT2D eigenvalue weighted by Gasteiger charge is -2.39. The molecule has 0 aliphatic carbocycles. The molecule has 0 bridgehead atoms. The van der Waals surface area contributed by atoms with Crippen LogP contribution in [0.25, 0.3) is 0 Å². The summed E-state index contributed by atoms with van der Waals surface area (Å²) in [6, 6.07) is 7.47. The second kappa shape index (κ2) is 11.6. The zero-order valence-electron chi connectivity index (χ0n) is 16.7. The summed E-state index contributed by atoms with van der Waals surface area (Å²) in [6.45, 7) is 8.28. The smallest absolute Gasteiger partial charge is 0.317 e. The molecule has 2 unspecified atom stereocenters. The molecule has 8 heteroatoms. The number of amides is 1. The van der Waals surface area contributed by atoms with Crippen molar-refractivity contribution in [1.29, 1.82) is 0 Å². The number of hydrogen-bond acceptors (Lipinski definition) is 4. The number of nitrogens with one attached hydrogen (secondary N) is 1. The molecule has 0 spiro atoms. The summed E-state index contributed by atoms with van der Waals surface area (Å²) in [4.78, 5) is 27.8. The van der Waals surface area contributed by atoms with Crippen molar-refractivity contribution in [2.75, 3.05) is 26.2 Å². The number of carbonyl (C=O) groups is 2. The first-order valence-corrected chi connectivity index (χ1v) is 9.95. The van der Waals surface area contributed by atoms with E-state index in [1.807, 2.05) is 49.9 Å². The minimum Gasteiger partial charge on any atom is -0.480 e. The van der Waals surface area contributed by atoms with Crippen LogP contribution >= 0.6 is 24.0 Å². The third-order valence-electron chi connectivity index (χ3n) is 5.42. The molecule has 1 amide bonds. The molecule has 1 aromatic carbocycles. The van der Waals surface area contributed by atoms with E-state index in [1.165, 1.54) is 0 Å². The largest absolute Gasteiger partial charge is 0.480 e. The summed E-state index contributed by atoms with van der Waals surface area (Å²) in [5.74, 6) is -0.781. The lowest BCUT2D eigenvalue weighted by atomic mass is 10.0. The summed E-state index contributed by atoms with van der Waals surface area (Å²) in [5, 5.41) is 12.8. The minimum absolute atomic E-state index is 0. The topological polar surface area (TPSA) is 72.9 Å². The highest BCUT2D eigenvalue weighted by Gasteiger charge is 2.30. The molecule has 1 aliphatic heterocycles. The predicted octanol–water partition coefficient (Wildman–Crippen LogP) is 3.20. The molecule has 28 heavy (non-hydrogen) atoms. The van der Waals surface area contributed by atoms with Crippen LogP contribution in [0.2, 0.25) is 5.02 Å². The molecule has 0 aromatic heterocycles. The normalized spacial score (nSPS) is 17.6. The van der Waals surface area contributed by atoms with E-state index in [4.69, 9.17) is 16.7 Å². The Morgan fingerprint density at radius 1 is 1.25 bits per heavy atom. The Hall–Kier alpha value is -1.34. The number of likely N-dealkylation sites (tertiary alicyclic amines) is 1. The number of benzene rings is 1. The molecule has 0 saturated carbocycles. The zero-order valence-corrected chi connectivity index (χ0v) is 18.3. The van der Waals surface area contributed by atoms with Crippen molar-refractivity contribution in [1.82, 2.24) is 15.1 Å². The highest BCUT2D eigenvalue weighted by molar-refractivity contribution is 6.30. The molecular formula is C20H31Cl2N3O3. The van der Waals surface area contributed by atoms with E-state index in [2.05, 4.69) is 10.2 Å². The average Bonchev–Trinajstić information content (AvgIpc) is 2.66. The lowest BCUT2D eigenvalue weighted by molar-refractivity contribution is -0.139. The number of carboxylic acid groups (broad SMARTS) is 1. The number of likely N-dealkylation sites (N-methyl/N-ethyl adjacent to an activating group) is 1. The number of halogens is 2. The number of piperidine rings is 1. The third kappa shape index (κ3) is 6.92. The number of carboxylic acids is 1. The van der Waals surface area contributed by atoms with E-state index >= 15 is 0 Å². The van der Waals surface area contributed by atoms with Gasteiger partial charge in [-0.3, -0.25) is 19.4 Å². The van der Waals surface area contributed by atoms with E-state index in [1.54, 1.807) is 0 Å². The van der Waals surface area contributed by atoms with Crippen molar-refractivity contribution < 1.29 is 14.7 Å². The predicted molar refractivity (Wildman–Crippen MR) is 114 cm³/mol. The van der Waals surface area contributed by atoms with Crippen LogP contribution in [-0.4, -0.2) is 65.0 Å². The number of carbonyl (C=O) groups excluding carboxylic acids is 1. The molecule has 6 nitrogen and oxygen atoms in total. The van der Waals surface area contributed by atoms with Crippen molar-refractivity contribution in [2.24, 2.45) is 0 Å². The van der Waals surface area contributed by atoms with Gasteiger partial charge in [0, 0.05) is 24.2 Å². The highest BCUT2D eigenvalue weighted by atomic mass is 35.5. The SMILES string of the molecule is CCN(CC(=O)O)C1CCN(C(C)C(=O)NC(C)c2ccc(Cl)cc2)CC1.Cl. The minimum atomic E-state index is -0.789. The second-order valence-corrected chi connectivity index (χ2v) is 7.62. The molecule has 1 fully saturated rings. The number of hydrogen-bond donors (Lipinski definition) is 2. The first kappa shape index (κ1) is 24.7. The van der Waals surface area contributed by atoms with Gasteiger partial charge in [0.1, 0.15) is 0 Å². The van der Waals surface area contributed by atoms with E-state index in [0.717, 1.165) is 38.0 Å². The van der Waals surface area contributed by atoms with Crippen LogP contribution in [0.15, 0.2) is 24.3 Å². The molecule has 1 saturated heterocycles. The van der Waals surface area contributed by atoms with Crippen molar-refractivity contribution >= 4 is 35.9 Å². The van der Waals surface area contributed by atoms with Crippen LogP contribution in [0.1, 0.15) is 45.2 Å². The highest BCUT2D eigenvalue weighted by Crippen LogP contribution is 2.20. The Morgan fingerprint density at radius 2 is 1.82 bits per heavy atom. The van der Waals surface area contributed by atoms with Gasteiger partial charge >= 0.3 is 5.97 Å². The molecule has 2 rings (SSSR count). The van der Waals surface area contributed by atoms with Crippen LogP contribution in [-0.2, 0) is 9.59 Å². The summed E-state index contributed by atoms with van der Waals surface area (Å²) in [7, 11) is 0. The van der Waals surface area contributed by atoms with E-state index < -0.39 is 5.97 Å². The third-order valence-corrected chi connectivity index (χ3v) is 5.67. The van der Waals surface area contributed by atoms with Crippen LogP contribution < -0.4 is 5.32 Å². The van der Waals surface area contributed by atoms with Crippen LogP contribution in [0.3, 0.4) is 0 Å². The summed E-state index contributed by atoms with van der Waals surface area (Å²) >= 11 is 5.92. The van der Waals surface area contributed by atoms with Gasteiger partial charge in [-0.2, -0.15) is 0 Å². The standard InChI is InChI=1S/C20H30ClN3O3.ClH/c1-4-23(13-19(25)26)18-9-11-24(12-10-18)15(3)20(27)22-14(2)16-5-7-17(21)8-6-16;/h5-8,14-15,18H,4,9-13H2,1-3H3,(H,22,27)(H,25,26);1H. The van der Waals surface area contributed by atoms with Gasteiger partial charge < -0.3 is 10.4 Å². The maximum absolute atomic E-state index is 12.6. The van der Waals surface area contributed by atoms with Gasteiger partial charge in [-0.15, -0.1) is 12.4 Å². The van der Waals surface area contributed by atoms with E-state index in [-0.39, 0.29) is 43.0 Å². The lowest BCUT2D eigenvalue weighted by Crippen LogP contribution is -2.52. The van der Waals surface area contributed by atoms with Gasteiger partial charge in [0.05, 0.1) is 18.6 Å². The molecule has 2 atom stereocenters. The van der Waals surface area contributed by atoms with Gasteiger partial charge in [0.25, 0.3) is 0 Å². The van der Waals surface area contributed by atoms with Crippen LogP contribution in [0.5, 0.6) is 0 Å². The molecule has 158 valence electrons. The van der Waals surface area contributed by atoms with Crippen LogP contribution in [0.4, 0.5) is 0 Å². The summed E-state index contributed by atoms with van der Waals surface area (Å²) in [6.07, 6.45) is 1.76. The Morgan fingerprint density at radius 3 is 2.32 bits per heavy atom. The number of aliphatic carboxylic acids is 1. The van der Waals surface area contributed by atoms with Crippen LogP contribution in [0, 0.1) is 0 Å². The fraction of sp³-hybridized carbons (Fsp3) is 0.600. The quantitative estimate of drug-likeness (QED) is 0.660. The Labute approximate surface area is 178 Å². The summed E-state index contributed by atoms with van der Waals surface area (Å²) in [5.41, 5.74) is 1.02. The number of nitrogens with zero attached hydrogens (tertiary/aromatic N) is 2.